The molecule has 0 fully saturated rings. The van der Waals surface area contributed by atoms with Crippen LogP contribution in [0.1, 0.15) is 39.2 Å². The molecule has 0 aromatic heterocycles. The van der Waals surface area contributed by atoms with Gasteiger partial charge in [0, 0.05) is 10.5 Å². The molecule has 0 bridgehead atoms. The summed E-state index contributed by atoms with van der Waals surface area (Å²) in [6, 6.07) is 6.34. The Balaban J connectivity index is 2.79. The van der Waals surface area contributed by atoms with Crippen molar-refractivity contribution in [1.82, 2.24) is 0 Å². The van der Waals surface area contributed by atoms with E-state index in [2.05, 4.69) is 42.8 Å². The van der Waals surface area contributed by atoms with Gasteiger partial charge < -0.3 is 10.5 Å². The van der Waals surface area contributed by atoms with E-state index in [1.54, 1.807) is 0 Å². The van der Waals surface area contributed by atoms with E-state index in [4.69, 9.17) is 10.5 Å². The summed E-state index contributed by atoms with van der Waals surface area (Å²) in [6.07, 6.45) is 3.14. The maximum Gasteiger partial charge on any atom is 0.120 e. The molecule has 2 nitrogen and oxygen atoms in total. The zero-order valence-electron chi connectivity index (χ0n) is 10.9. The Kier molecular flexibility index (Phi) is 6.00. The van der Waals surface area contributed by atoms with Crippen molar-refractivity contribution in [1.29, 1.82) is 0 Å². The van der Waals surface area contributed by atoms with Gasteiger partial charge >= 0.3 is 0 Å². The minimum atomic E-state index is 0.213. The standard InChI is InChI=1S/C14H22BrNO/c1-4-10(3)17-13-6-7-14(15)11(9-13)8-12(16)5-2/h6-7,9-10,12H,4-5,8,16H2,1-3H3. The molecule has 0 saturated carbocycles. The molecule has 2 unspecified atom stereocenters. The second-order valence-electron chi connectivity index (χ2n) is 4.46. The van der Waals surface area contributed by atoms with E-state index < -0.39 is 0 Å². The molecule has 0 heterocycles. The second kappa shape index (κ2) is 7.02. The zero-order valence-corrected chi connectivity index (χ0v) is 12.5. The van der Waals surface area contributed by atoms with E-state index in [0.717, 1.165) is 29.5 Å². The SMILES string of the molecule is CCC(N)Cc1cc(OC(C)CC)ccc1Br. The third-order valence-corrected chi connectivity index (χ3v) is 3.71. The van der Waals surface area contributed by atoms with E-state index >= 15 is 0 Å². The van der Waals surface area contributed by atoms with Crippen molar-refractivity contribution >= 4 is 15.9 Å². The van der Waals surface area contributed by atoms with Crippen LogP contribution in [0, 0.1) is 0 Å². The molecule has 0 saturated heterocycles. The summed E-state index contributed by atoms with van der Waals surface area (Å²) in [5, 5.41) is 0. The van der Waals surface area contributed by atoms with Gasteiger partial charge in [-0.05, 0) is 49.9 Å². The Morgan fingerprint density at radius 1 is 1.29 bits per heavy atom. The molecule has 0 amide bonds. The van der Waals surface area contributed by atoms with E-state index in [9.17, 15) is 0 Å². The largest absolute Gasteiger partial charge is 0.491 e. The lowest BCUT2D eigenvalue weighted by Gasteiger charge is -2.15. The zero-order chi connectivity index (χ0) is 12.8. The number of hydrogen-bond donors (Lipinski definition) is 1. The second-order valence-corrected chi connectivity index (χ2v) is 5.32. The lowest BCUT2D eigenvalue weighted by atomic mass is 10.0. The molecule has 0 aliphatic rings. The van der Waals surface area contributed by atoms with Crippen LogP contribution >= 0.6 is 15.9 Å². The Bertz CT molecular complexity index is 354. The van der Waals surface area contributed by atoms with Crippen LogP contribution in [0.2, 0.25) is 0 Å². The number of benzene rings is 1. The average molecular weight is 300 g/mol. The first-order valence-electron chi connectivity index (χ1n) is 6.27. The lowest BCUT2D eigenvalue weighted by Crippen LogP contribution is -2.21. The van der Waals surface area contributed by atoms with Crippen LogP contribution in [-0.2, 0) is 6.42 Å². The summed E-state index contributed by atoms with van der Waals surface area (Å²) >= 11 is 3.56. The van der Waals surface area contributed by atoms with Crippen molar-refractivity contribution in [2.75, 3.05) is 0 Å². The summed E-state index contributed by atoms with van der Waals surface area (Å²) < 4.78 is 6.92. The molecule has 1 rings (SSSR count). The number of hydrogen-bond acceptors (Lipinski definition) is 2. The minimum absolute atomic E-state index is 0.213. The van der Waals surface area contributed by atoms with Crippen LogP contribution in [0.25, 0.3) is 0 Å². The highest BCUT2D eigenvalue weighted by molar-refractivity contribution is 9.10. The highest BCUT2D eigenvalue weighted by atomic mass is 79.9. The van der Waals surface area contributed by atoms with Crippen LogP contribution in [0.5, 0.6) is 5.75 Å². The smallest absolute Gasteiger partial charge is 0.120 e. The summed E-state index contributed by atoms with van der Waals surface area (Å²) in [7, 11) is 0. The first kappa shape index (κ1) is 14.5. The van der Waals surface area contributed by atoms with Crippen molar-refractivity contribution in [3.8, 4) is 5.75 Å². The molecule has 0 spiro atoms. The first-order chi connectivity index (χ1) is 8.06. The normalized spacial score (nSPS) is 14.4. The minimum Gasteiger partial charge on any atom is -0.491 e. The highest BCUT2D eigenvalue weighted by Gasteiger charge is 2.08. The fraction of sp³-hybridized carbons (Fsp3) is 0.571. The third kappa shape index (κ3) is 4.68. The first-order valence-corrected chi connectivity index (χ1v) is 7.06. The van der Waals surface area contributed by atoms with Gasteiger partial charge in [-0.3, -0.25) is 0 Å². The molecule has 96 valence electrons. The van der Waals surface area contributed by atoms with Crippen molar-refractivity contribution in [3.05, 3.63) is 28.2 Å². The van der Waals surface area contributed by atoms with Gasteiger partial charge in [0.15, 0.2) is 0 Å². The Morgan fingerprint density at radius 3 is 2.59 bits per heavy atom. The number of nitrogens with two attached hydrogens (primary N) is 1. The van der Waals surface area contributed by atoms with Gasteiger partial charge in [-0.2, -0.15) is 0 Å². The molecule has 2 N–H and O–H groups in total. The van der Waals surface area contributed by atoms with Crippen LogP contribution in [0.4, 0.5) is 0 Å². The maximum atomic E-state index is 5.99. The monoisotopic (exact) mass is 299 g/mol. The van der Waals surface area contributed by atoms with Gasteiger partial charge in [0.25, 0.3) is 0 Å². The van der Waals surface area contributed by atoms with Crippen molar-refractivity contribution in [2.24, 2.45) is 5.73 Å². The summed E-state index contributed by atoms with van der Waals surface area (Å²) in [4.78, 5) is 0. The number of rotatable bonds is 6. The van der Waals surface area contributed by atoms with E-state index in [0.29, 0.717) is 0 Å². The van der Waals surface area contributed by atoms with Crippen LogP contribution in [-0.4, -0.2) is 12.1 Å². The molecule has 1 aromatic rings. The van der Waals surface area contributed by atoms with Crippen molar-refractivity contribution in [3.63, 3.8) is 0 Å². The van der Waals surface area contributed by atoms with E-state index in [1.807, 2.05) is 12.1 Å². The average Bonchev–Trinajstić information content (AvgIpc) is 2.33. The predicted molar refractivity (Wildman–Crippen MR) is 76.5 cm³/mol. The Labute approximate surface area is 113 Å². The molecule has 0 radical (unpaired) electrons. The molecule has 1 aromatic carbocycles. The summed E-state index contributed by atoms with van der Waals surface area (Å²) in [6.45, 7) is 6.31. The quantitative estimate of drug-likeness (QED) is 0.864. The van der Waals surface area contributed by atoms with Gasteiger partial charge in [-0.15, -0.1) is 0 Å². The van der Waals surface area contributed by atoms with Gasteiger partial charge in [0.1, 0.15) is 5.75 Å². The Hall–Kier alpha value is -0.540. The van der Waals surface area contributed by atoms with Crippen LogP contribution in [0.15, 0.2) is 22.7 Å². The summed E-state index contributed by atoms with van der Waals surface area (Å²) in [5.41, 5.74) is 7.21. The number of halogens is 1. The molecular weight excluding hydrogens is 278 g/mol. The summed E-state index contributed by atoms with van der Waals surface area (Å²) in [5.74, 6) is 0.931. The number of ether oxygens (including phenoxy) is 1. The predicted octanol–water partition coefficient (Wildman–Crippen LogP) is 3.91. The lowest BCUT2D eigenvalue weighted by molar-refractivity contribution is 0.217. The van der Waals surface area contributed by atoms with Crippen molar-refractivity contribution < 1.29 is 4.74 Å². The van der Waals surface area contributed by atoms with Gasteiger partial charge in [0.05, 0.1) is 6.10 Å². The van der Waals surface area contributed by atoms with Crippen molar-refractivity contribution in [2.45, 2.75) is 52.2 Å². The van der Waals surface area contributed by atoms with Gasteiger partial charge in [0.2, 0.25) is 0 Å². The molecule has 17 heavy (non-hydrogen) atoms. The van der Waals surface area contributed by atoms with Crippen LogP contribution in [0.3, 0.4) is 0 Å². The van der Waals surface area contributed by atoms with E-state index in [-0.39, 0.29) is 12.1 Å². The van der Waals surface area contributed by atoms with Crippen LogP contribution < -0.4 is 10.5 Å². The van der Waals surface area contributed by atoms with Gasteiger partial charge in [-0.1, -0.05) is 29.8 Å². The van der Waals surface area contributed by atoms with Gasteiger partial charge in [-0.25, -0.2) is 0 Å². The fourth-order valence-corrected chi connectivity index (χ4v) is 1.93. The Morgan fingerprint density at radius 2 is 2.00 bits per heavy atom. The molecule has 0 aliphatic heterocycles. The molecule has 0 aliphatic carbocycles. The highest BCUT2D eigenvalue weighted by Crippen LogP contribution is 2.25. The fourth-order valence-electron chi connectivity index (χ4n) is 1.52. The van der Waals surface area contributed by atoms with E-state index in [1.165, 1.54) is 5.56 Å². The maximum absolute atomic E-state index is 5.99. The topological polar surface area (TPSA) is 35.2 Å². The molecule has 3 heteroatoms. The molecule has 2 atom stereocenters. The third-order valence-electron chi connectivity index (χ3n) is 2.94. The molecular formula is C14H22BrNO.